The molecule has 18 heavy (non-hydrogen) atoms. The second-order valence-corrected chi connectivity index (χ2v) is 5.49. The molecule has 0 spiro atoms. The standard InChI is InChI=1S/C14H20FNO2/c1-9-6-13(11(15)7-12(9)16)17-8-10-4-5-14(2,3)18-10/h6-7,10H,4-5,8,16H2,1-3H3. The van der Waals surface area contributed by atoms with Gasteiger partial charge in [0.1, 0.15) is 6.61 Å². The molecule has 1 heterocycles. The second kappa shape index (κ2) is 4.76. The average Bonchev–Trinajstić information content (AvgIpc) is 2.62. The van der Waals surface area contributed by atoms with Crippen LogP contribution in [0.25, 0.3) is 0 Å². The maximum atomic E-state index is 13.6. The molecule has 0 saturated carbocycles. The minimum Gasteiger partial charge on any atom is -0.488 e. The highest BCUT2D eigenvalue weighted by Gasteiger charge is 2.32. The van der Waals surface area contributed by atoms with E-state index in [4.69, 9.17) is 15.2 Å². The molecule has 1 unspecified atom stereocenters. The molecular weight excluding hydrogens is 233 g/mol. The fourth-order valence-corrected chi connectivity index (χ4v) is 2.16. The van der Waals surface area contributed by atoms with Crippen LogP contribution in [0.2, 0.25) is 0 Å². The minimum absolute atomic E-state index is 0.0391. The van der Waals surface area contributed by atoms with Crippen LogP contribution in [0, 0.1) is 12.7 Å². The number of hydrogen-bond acceptors (Lipinski definition) is 3. The van der Waals surface area contributed by atoms with E-state index in [1.54, 1.807) is 6.07 Å². The van der Waals surface area contributed by atoms with Crippen LogP contribution in [0.1, 0.15) is 32.3 Å². The number of ether oxygens (including phenoxy) is 2. The van der Waals surface area contributed by atoms with E-state index in [-0.39, 0.29) is 17.5 Å². The van der Waals surface area contributed by atoms with Crippen molar-refractivity contribution in [1.82, 2.24) is 0 Å². The Morgan fingerprint density at radius 3 is 2.83 bits per heavy atom. The van der Waals surface area contributed by atoms with Crippen LogP contribution in [0.5, 0.6) is 5.75 Å². The molecule has 100 valence electrons. The molecule has 2 N–H and O–H groups in total. The van der Waals surface area contributed by atoms with Gasteiger partial charge in [0.05, 0.1) is 11.7 Å². The number of hydrogen-bond donors (Lipinski definition) is 1. The second-order valence-electron chi connectivity index (χ2n) is 5.49. The number of nitrogens with two attached hydrogens (primary N) is 1. The van der Waals surface area contributed by atoms with Gasteiger partial charge in [-0.1, -0.05) is 0 Å². The number of nitrogen functional groups attached to an aromatic ring is 1. The zero-order valence-electron chi connectivity index (χ0n) is 11.1. The van der Waals surface area contributed by atoms with Crippen LogP contribution in [0.15, 0.2) is 12.1 Å². The normalized spacial score (nSPS) is 22.1. The van der Waals surface area contributed by atoms with E-state index in [9.17, 15) is 4.39 Å². The molecule has 1 aliphatic heterocycles. The number of rotatable bonds is 3. The number of aryl methyl sites for hydroxylation is 1. The molecule has 1 aromatic rings. The summed E-state index contributed by atoms with van der Waals surface area (Å²) in [4.78, 5) is 0. The molecule has 1 aromatic carbocycles. The van der Waals surface area contributed by atoms with E-state index in [2.05, 4.69) is 13.8 Å². The van der Waals surface area contributed by atoms with E-state index >= 15 is 0 Å². The van der Waals surface area contributed by atoms with Gasteiger partial charge in [0.15, 0.2) is 11.6 Å². The van der Waals surface area contributed by atoms with Crippen LogP contribution >= 0.6 is 0 Å². The predicted octanol–water partition coefficient (Wildman–Crippen LogP) is 3.05. The quantitative estimate of drug-likeness (QED) is 0.842. The third-order valence-electron chi connectivity index (χ3n) is 3.30. The third-order valence-corrected chi connectivity index (χ3v) is 3.30. The van der Waals surface area contributed by atoms with Crippen molar-refractivity contribution in [2.75, 3.05) is 12.3 Å². The Bertz CT molecular complexity index is 446. The number of halogens is 1. The van der Waals surface area contributed by atoms with Crippen LogP contribution in [-0.4, -0.2) is 18.3 Å². The lowest BCUT2D eigenvalue weighted by Crippen LogP contribution is -2.24. The van der Waals surface area contributed by atoms with Gasteiger partial charge in [-0.3, -0.25) is 0 Å². The smallest absolute Gasteiger partial charge is 0.167 e. The highest BCUT2D eigenvalue weighted by molar-refractivity contribution is 5.50. The first kappa shape index (κ1) is 13.1. The summed E-state index contributed by atoms with van der Waals surface area (Å²) in [6.07, 6.45) is 1.99. The fourth-order valence-electron chi connectivity index (χ4n) is 2.16. The fraction of sp³-hybridized carbons (Fsp3) is 0.571. The molecule has 4 heteroatoms. The summed E-state index contributed by atoms with van der Waals surface area (Å²) in [7, 11) is 0. The Labute approximate surface area is 107 Å². The molecule has 0 aliphatic carbocycles. The van der Waals surface area contributed by atoms with E-state index in [0.717, 1.165) is 18.4 Å². The molecule has 1 atom stereocenters. The van der Waals surface area contributed by atoms with Gasteiger partial charge >= 0.3 is 0 Å². The van der Waals surface area contributed by atoms with Crippen molar-refractivity contribution in [2.45, 2.75) is 45.3 Å². The molecule has 1 fully saturated rings. The summed E-state index contributed by atoms with van der Waals surface area (Å²) >= 11 is 0. The van der Waals surface area contributed by atoms with Crippen molar-refractivity contribution in [3.05, 3.63) is 23.5 Å². The molecule has 3 nitrogen and oxygen atoms in total. The Morgan fingerprint density at radius 1 is 1.50 bits per heavy atom. The molecule has 0 radical (unpaired) electrons. The molecule has 0 amide bonds. The van der Waals surface area contributed by atoms with Crippen LogP contribution in [-0.2, 0) is 4.74 Å². The first-order valence-corrected chi connectivity index (χ1v) is 6.24. The Hall–Kier alpha value is -1.29. The Morgan fingerprint density at radius 2 is 2.22 bits per heavy atom. The topological polar surface area (TPSA) is 44.5 Å². The number of anilines is 1. The van der Waals surface area contributed by atoms with Gasteiger partial charge in [0.2, 0.25) is 0 Å². The van der Waals surface area contributed by atoms with Gasteiger partial charge in [0.25, 0.3) is 0 Å². The van der Waals surface area contributed by atoms with Gasteiger partial charge in [-0.05, 0) is 45.2 Å². The first-order chi connectivity index (χ1) is 8.37. The predicted molar refractivity (Wildman–Crippen MR) is 69.2 cm³/mol. The minimum atomic E-state index is -0.421. The maximum Gasteiger partial charge on any atom is 0.167 e. The van der Waals surface area contributed by atoms with Crippen molar-refractivity contribution in [3.63, 3.8) is 0 Å². The summed E-state index contributed by atoms with van der Waals surface area (Å²) in [5.74, 6) is -0.176. The average molecular weight is 253 g/mol. The van der Waals surface area contributed by atoms with Crippen molar-refractivity contribution in [1.29, 1.82) is 0 Å². The van der Waals surface area contributed by atoms with Crippen LogP contribution in [0.4, 0.5) is 10.1 Å². The van der Waals surface area contributed by atoms with Crippen molar-refractivity contribution in [3.8, 4) is 5.75 Å². The summed E-state index contributed by atoms with van der Waals surface area (Å²) in [6.45, 7) is 6.32. The molecule has 2 rings (SSSR count). The maximum absolute atomic E-state index is 13.6. The van der Waals surface area contributed by atoms with E-state index < -0.39 is 5.82 Å². The van der Waals surface area contributed by atoms with E-state index in [1.807, 2.05) is 6.92 Å². The lowest BCUT2D eigenvalue weighted by molar-refractivity contribution is -0.0330. The summed E-state index contributed by atoms with van der Waals surface area (Å²) in [5, 5.41) is 0. The molecule has 1 aliphatic rings. The third kappa shape index (κ3) is 2.93. The van der Waals surface area contributed by atoms with Gasteiger partial charge < -0.3 is 15.2 Å². The number of benzene rings is 1. The lowest BCUT2D eigenvalue weighted by atomic mass is 10.1. The van der Waals surface area contributed by atoms with Gasteiger partial charge in [-0.15, -0.1) is 0 Å². The van der Waals surface area contributed by atoms with E-state index in [1.165, 1.54) is 6.07 Å². The summed E-state index contributed by atoms with van der Waals surface area (Å²) < 4.78 is 24.9. The zero-order chi connectivity index (χ0) is 13.3. The first-order valence-electron chi connectivity index (χ1n) is 6.24. The SMILES string of the molecule is Cc1cc(OCC2CCC(C)(C)O2)c(F)cc1N. The Kier molecular flexibility index (Phi) is 3.48. The largest absolute Gasteiger partial charge is 0.488 e. The lowest BCUT2D eigenvalue weighted by Gasteiger charge is -2.19. The van der Waals surface area contributed by atoms with Gasteiger partial charge in [-0.25, -0.2) is 4.39 Å². The molecule has 1 saturated heterocycles. The summed E-state index contributed by atoms with van der Waals surface area (Å²) in [5.41, 5.74) is 6.79. The van der Waals surface area contributed by atoms with Crippen molar-refractivity contribution < 1.29 is 13.9 Å². The van der Waals surface area contributed by atoms with Gasteiger partial charge in [0, 0.05) is 11.8 Å². The van der Waals surface area contributed by atoms with Crippen molar-refractivity contribution >= 4 is 5.69 Å². The monoisotopic (exact) mass is 253 g/mol. The van der Waals surface area contributed by atoms with Crippen molar-refractivity contribution in [2.24, 2.45) is 0 Å². The van der Waals surface area contributed by atoms with E-state index in [0.29, 0.717) is 12.3 Å². The van der Waals surface area contributed by atoms with Gasteiger partial charge in [-0.2, -0.15) is 0 Å². The van der Waals surface area contributed by atoms with Crippen LogP contribution < -0.4 is 10.5 Å². The highest BCUT2D eigenvalue weighted by Crippen LogP contribution is 2.30. The molecule has 0 aromatic heterocycles. The Balaban J connectivity index is 1.97. The zero-order valence-corrected chi connectivity index (χ0v) is 11.1. The summed E-state index contributed by atoms with van der Waals surface area (Å²) in [6, 6.07) is 2.93. The van der Waals surface area contributed by atoms with Crippen LogP contribution in [0.3, 0.4) is 0 Å². The highest BCUT2D eigenvalue weighted by atomic mass is 19.1. The molecule has 0 bridgehead atoms. The molecular formula is C14H20FNO2.